The molecule has 0 bridgehead atoms. The van der Waals surface area contributed by atoms with Gasteiger partial charge in [0.1, 0.15) is 6.10 Å². The first-order valence-electron chi connectivity index (χ1n) is 8.67. The van der Waals surface area contributed by atoms with E-state index in [1.54, 1.807) is 0 Å². The topological polar surface area (TPSA) is 134 Å². The number of para-hydroxylation sites is 1. The molecular weight excluding hydrogens is 388 g/mol. The molecule has 1 fully saturated rings. The molecule has 11 heteroatoms. The average molecular weight is 408 g/mol. The number of nitrogens with one attached hydrogen (secondary N) is 1. The highest BCUT2D eigenvalue weighted by atomic mass is 32.2. The number of sulfonamides is 1. The highest BCUT2D eigenvalue weighted by molar-refractivity contribution is 7.89. The van der Waals surface area contributed by atoms with Crippen molar-refractivity contribution in [2.75, 3.05) is 7.11 Å². The van der Waals surface area contributed by atoms with E-state index < -0.39 is 20.6 Å². The summed E-state index contributed by atoms with van der Waals surface area (Å²) < 4.78 is 38.6. The van der Waals surface area contributed by atoms with Crippen molar-refractivity contribution < 1.29 is 22.8 Å². The van der Waals surface area contributed by atoms with Crippen LogP contribution in [-0.2, 0) is 10.0 Å². The van der Waals surface area contributed by atoms with Gasteiger partial charge >= 0.3 is 0 Å². The zero-order chi connectivity index (χ0) is 20.1. The van der Waals surface area contributed by atoms with Gasteiger partial charge in [0.2, 0.25) is 21.8 Å². The first kappa shape index (κ1) is 20.0. The minimum absolute atomic E-state index is 0.117. The highest BCUT2D eigenvalue weighted by Gasteiger charge is 2.30. The highest BCUT2D eigenvalue weighted by Crippen LogP contribution is 2.27. The summed E-state index contributed by atoms with van der Waals surface area (Å²) in [6.45, 7) is 0. The van der Waals surface area contributed by atoms with Crippen molar-refractivity contribution in [1.82, 2.24) is 14.7 Å². The van der Waals surface area contributed by atoms with Gasteiger partial charge in [-0.3, -0.25) is 15.1 Å². The van der Waals surface area contributed by atoms with Crippen molar-refractivity contribution in [3.63, 3.8) is 0 Å². The van der Waals surface area contributed by atoms with Crippen LogP contribution < -0.4 is 14.2 Å². The largest absolute Gasteiger partial charge is 0.480 e. The van der Waals surface area contributed by atoms with E-state index in [0.717, 1.165) is 0 Å². The van der Waals surface area contributed by atoms with Crippen LogP contribution in [0.1, 0.15) is 25.7 Å². The third kappa shape index (κ3) is 4.73. The van der Waals surface area contributed by atoms with Crippen LogP contribution >= 0.6 is 0 Å². The molecule has 0 atom stereocenters. The van der Waals surface area contributed by atoms with Gasteiger partial charge in [0.25, 0.3) is 5.69 Å². The lowest BCUT2D eigenvalue weighted by atomic mass is 9.94. The maximum absolute atomic E-state index is 12.6. The van der Waals surface area contributed by atoms with Crippen molar-refractivity contribution >= 4 is 15.7 Å². The summed E-state index contributed by atoms with van der Waals surface area (Å²) in [5, 5.41) is 11.1. The van der Waals surface area contributed by atoms with Crippen molar-refractivity contribution in [2.24, 2.45) is 0 Å². The van der Waals surface area contributed by atoms with Gasteiger partial charge in [-0.15, -0.1) is 0 Å². The van der Waals surface area contributed by atoms with Gasteiger partial charge in [0.05, 0.1) is 24.4 Å². The molecule has 1 saturated carbocycles. The lowest BCUT2D eigenvalue weighted by Gasteiger charge is -2.28. The second kappa shape index (κ2) is 8.48. The fraction of sp³-hybridized carbons (Fsp3) is 0.412. The fourth-order valence-electron chi connectivity index (χ4n) is 3.07. The van der Waals surface area contributed by atoms with E-state index in [1.165, 1.54) is 43.8 Å². The smallest absolute Gasteiger partial charge is 0.289 e. The molecule has 0 spiro atoms. The second-order valence-electron chi connectivity index (χ2n) is 6.34. The molecule has 1 aliphatic rings. The third-order valence-electron chi connectivity index (χ3n) is 4.43. The molecule has 150 valence electrons. The Morgan fingerprint density at radius 2 is 1.82 bits per heavy atom. The van der Waals surface area contributed by atoms with Crippen LogP contribution in [0.15, 0.2) is 41.6 Å². The second-order valence-corrected chi connectivity index (χ2v) is 8.02. The quantitative estimate of drug-likeness (QED) is 0.543. The number of nitro groups is 1. The van der Waals surface area contributed by atoms with Crippen molar-refractivity contribution in [1.29, 1.82) is 0 Å². The molecule has 1 heterocycles. The van der Waals surface area contributed by atoms with Crippen LogP contribution in [-0.4, -0.2) is 42.6 Å². The minimum atomic E-state index is -3.99. The van der Waals surface area contributed by atoms with E-state index in [9.17, 15) is 18.5 Å². The number of benzene rings is 1. The van der Waals surface area contributed by atoms with Gasteiger partial charge in [-0.25, -0.2) is 13.1 Å². The molecule has 1 aliphatic carbocycles. The Morgan fingerprint density at radius 3 is 2.50 bits per heavy atom. The summed E-state index contributed by atoms with van der Waals surface area (Å²) in [6, 6.07) is 4.98. The maximum Gasteiger partial charge on any atom is 0.289 e. The summed E-state index contributed by atoms with van der Waals surface area (Å²) in [7, 11) is -2.50. The number of nitro benzene ring substituents is 1. The van der Waals surface area contributed by atoms with Gasteiger partial charge in [0.15, 0.2) is 4.90 Å². The van der Waals surface area contributed by atoms with Crippen LogP contribution in [0.3, 0.4) is 0 Å². The van der Waals surface area contributed by atoms with Crippen LogP contribution in [0.25, 0.3) is 0 Å². The molecule has 10 nitrogen and oxygen atoms in total. The van der Waals surface area contributed by atoms with Gasteiger partial charge in [-0.1, -0.05) is 12.1 Å². The Balaban J connectivity index is 1.60. The number of methoxy groups -OCH3 is 1. The molecule has 28 heavy (non-hydrogen) atoms. The van der Waals surface area contributed by atoms with Gasteiger partial charge < -0.3 is 9.47 Å². The van der Waals surface area contributed by atoms with E-state index in [0.29, 0.717) is 37.4 Å². The lowest BCUT2D eigenvalue weighted by Crippen LogP contribution is -2.39. The van der Waals surface area contributed by atoms with E-state index >= 15 is 0 Å². The van der Waals surface area contributed by atoms with Crippen LogP contribution in [0.2, 0.25) is 0 Å². The number of rotatable bonds is 7. The van der Waals surface area contributed by atoms with Gasteiger partial charge in [-0.2, -0.15) is 4.98 Å². The fourth-order valence-corrected chi connectivity index (χ4v) is 4.55. The summed E-state index contributed by atoms with van der Waals surface area (Å²) >= 11 is 0. The molecule has 3 rings (SSSR count). The van der Waals surface area contributed by atoms with Crippen LogP contribution in [0, 0.1) is 10.1 Å². The van der Waals surface area contributed by atoms with Crippen molar-refractivity contribution in [3.05, 3.63) is 46.8 Å². The Hall–Kier alpha value is -2.79. The number of ether oxygens (including phenoxy) is 2. The van der Waals surface area contributed by atoms with E-state index in [2.05, 4.69) is 14.7 Å². The predicted octanol–water partition coefficient (Wildman–Crippen LogP) is 2.06. The Morgan fingerprint density at radius 1 is 1.14 bits per heavy atom. The number of hydrogen-bond donors (Lipinski definition) is 1. The Kier molecular flexibility index (Phi) is 6.05. The molecule has 1 N–H and O–H groups in total. The molecule has 0 aliphatic heterocycles. The van der Waals surface area contributed by atoms with Gasteiger partial charge in [0, 0.05) is 12.1 Å². The summed E-state index contributed by atoms with van der Waals surface area (Å²) in [6.07, 6.45) is 5.16. The normalized spacial score (nSPS) is 19.8. The first-order chi connectivity index (χ1) is 13.4. The number of aromatic nitrogens is 2. The standard InChI is InChI=1S/C17H20N4O6S/c1-26-16-10-18-11-17(19-16)27-13-8-6-12(7-9-13)20-28(24,25)15-5-3-2-4-14(15)21(22)23/h2-5,10-13,20H,6-9H2,1H3. The number of hydrogen-bond acceptors (Lipinski definition) is 8. The van der Waals surface area contributed by atoms with Crippen molar-refractivity contribution in [2.45, 2.75) is 42.7 Å². The molecule has 0 saturated heterocycles. The Labute approximate surface area is 162 Å². The molecule has 1 aromatic heterocycles. The van der Waals surface area contributed by atoms with Crippen molar-refractivity contribution in [3.8, 4) is 11.8 Å². The average Bonchev–Trinajstić information content (AvgIpc) is 2.69. The van der Waals surface area contributed by atoms with E-state index in [1.807, 2.05) is 0 Å². The molecule has 1 aromatic carbocycles. The third-order valence-corrected chi connectivity index (χ3v) is 6.00. The SMILES string of the molecule is COc1cncc(OC2CCC(NS(=O)(=O)c3ccccc3[N+](=O)[O-])CC2)n1. The molecular formula is C17H20N4O6S. The predicted molar refractivity (Wildman–Crippen MR) is 98.7 cm³/mol. The lowest BCUT2D eigenvalue weighted by molar-refractivity contribution is -0.387. The van der Waals surface area contributed by atoms with E-state index in [-0.39, 0.29) is 17.0 Å². The van der Waals surface area contributed by atoms with Crippen LogP contribution in [0.4, 0.5) is 5.69 Å². The molecule has 0 unspecified atom stereocenters. The van der Waals surface area contributed by atoms with E-state index in [4.69, 9.17) is 9.47 Å². The molecule has 0 radical (unpaired) electrons. The zero-order valence-electron chi connectivity index (χ0n) is 15.1. The molecule has 2 aromatic rings. The monoisotopic (exact) mass is 408 g/mol. The summed E-state index contributed by atoms with van der Waals surface area (Å²) in [5.74, 6) is 0.701. The zero-order valence-corrected chi connectivity index (χ0v) is 16.0. The maximum atomic E-state index is 12.6. The summed E-state index contributed by atoms with van der Waals surface area (Å²) in [5.41, 5.74) is -0.441. The van der Waals surface area contributed by atoms with Gasteiger partial charge in [-0.05, 0) is 31.7 Å². The number of nitrogens with zero attached hydrogens (tertiary/aromatic N) is 3. The first-order valence-corrected chi connectivity index (χ1v) is 10.2. The van der Waals surface area contributed by atoms with Crippen LogP contribution in [0.5, 0.6) is 11.8 Å². The Bertz CT molecular complexity index is 944. The minimum Gasteiger partial charge on any atom is -0.480 e. The summed E-state index contributed by atoms with van der Waals surface area (Å²) in [4.78, 5) is 18.2. The molecule has 0 amide bonds.